The number of amides is 2. The van der Waals surface area contributed by atoms with Crippen LogP contribution in [-0.4, -0.2) is 44.8 Å². The Balaban J connectivity index is 1.51. The molecule has 0 aromatic heterocycles. The van der Waals surface area contributed by atoms with Crippen molar-refractivity contribution in [1.82, 2.24) is 10.2 Å². The summed E-state index contributed by atoms with van der Waals surface area (Å²) in [5.41, 5.74) is 1.50. The van der Waals surface area contributed by atoms with Gasteiger partial charge in [0.05, 0.1) is 10.6 Å². The molecular formula is C26H28ClN3O4S. The van der Waals surface area contributed by atoms with Gasteiger partial charge in [0.15, 0.2) is 0 Å². The standard InChI is InChI=1S/C26H28ClN3O4S/c1-3-21(26(32)28-2)29(17-18-12-14-20(27)15-13-18)24(31)11-6-16-30-22-9-4-7-19-8-5-10-23(25(19)22)35(30,33)34/h4-5,7-10,12-15,21H,3,6,11,16-17H2,1-2H3,(H,28,32). The number of hydrogen-bond donors (Lipinski definition) is 1. The molecule has 1 aliphatic heterocycles. The third-order valence-corrected chi connectivity index (χ3v) is 8.44. The van der Waals surface area contributed by atoms with Crippen molar-refractivity contribution in [2.75, 3.05) is 17.9 Å². The number of rotatable bonds is 9. The molecule has 0 spiro atoms. The van der Waals surface area contributed by atoms with Crippen molar-refractivity contribution in [3.63, 3.8) is 0 Å². The first-order chi connectivity index (χ1) is 16.8. The molecule has 0 radical (unpaired) electrons. The Labute approximate surface area is 210 Å². The summed E-state index contributed by atoms with van der Waals surface area (Å²) < 4.78 is 27.8. The molecule has 1 unspecified atom stereocenters. The first kappa shape index (κ1) is 25.0. The van der Waals surface area contributed by atoms with E-state index in [0.717, 1.165) is 16.3 Å². The number of halogens is 1. The van der Waals surface area contributed by atoms with Crippen LogP contribution < -0.4 is 9.62 Å². The molecule has 1 N–H and O–H groups in total. The zero-order valence-corrected chi connectivity index (χ0v) is 21.3. The molecular weight excluding hydrogens is 486 g/mol. The van der Waals surface area contributed by atoms with Crippen molar-refractivity contribution >= 4 is 49.9 Å². The molecule has 0 fully saturated rings. The summed E-state index contributed by atoms with van der Waals surface area (Å²) in [7, 11) is -2.13. The van der Waals surface area contributed by atoms with Crippen LogP contribution in [0.25, 0.3) is 10.8 Å². The van der Waals surface area contributed by atoms with Crippen molar-refractivity contribution in [3.8, 4) is 0 Å². The van der Waals surface area contributed by atoms with Crippen LogP contribution in [0, 0.1) is 0 Å². The second kappa shape index (κ2) is 10.3. The Hall–Kier alpha value is -3.10. The molecule has 1 atom stereocenters. The summed E-state index contributed by atoms with van der Waals surface area (Å²) in [5, 5.41) is 4.82. The third kappa shape index (κ3) is 4.86. The number of nitrogens with zero attached hydrogens (tertiary/aromatic N) is 2. The fourth-order valence-corrected chi connectivity index (χ4v) is 6.46. The minimum atomic E-state index is -3.68. The molecule has 2 amide bonds. The monoisotopic (exact) mass is 513 g/mol. The molecule has 3 aromatic rings. The zero-order chi connectivity index (χ0) is 25.2. The first-order valence-corrected chi connectivity index (χ1v) is 13.4. The van der Waals surface area contributed by atoms with Gasteiger partial charge in [0.25, 0.3) is 10.0 Å². The fraction of sp³-hybridized carbons (Fsp3) is 0.308. The molecule has 0 bridgehead atoms. The quantitative estimate of drug-likeness (QED) is 0.461. The molecule has 0 saturated carbocycles. The van der Waals surface area contributed by atoms with Crippen LogP contribution in [-0.2, 0) is 26.2 Å². The minimum Gasteiger partial charge on any atom is -0.357 e. The lowest BCUT2D eigenvalue weighted by molar-refractivity contribution is -0.141. The third-order valence-electron chi connectivity index (χ3n) is 6.33. The van der Waals surface area contributed by atoms with Gasteiger partial charge in [-0.1, -0.05) is 54.9 Å². The lowest BCUT2D eigenvalue weighted by Gasteiger charge is -2.30. The van der Waals surface area contributed by atoms with Crippen LogP contribution in [0.3, 0.4) is 0 Å². The van der Waals surface area contributed by atoms with Gasteiger partial charge in [-0.3, -0.25) is 13.9 Å². The van der Waals surface area contributed by atoms with Crippen molar-refractivity contribution < 1.29 is 18.0 Å². The largest absolute Gasteiger partial charge is 0.357 e. The maximum Gasteiger partial charge on any atom is 0.265 e. The van der Waals surface area contributed by atoms with E-state index in [1.165, 1.54) is 4.31 Å². The molecule has 9 heteroatoms. The average molecular weight is 514 g/mol. The van der Waals surface area contributed by atoms with E-state index < -0.39 is 16.1 Å². The number of carbonyl (C=O) groups is 2. The highest BCUT2D eigenvalue weighted by molar-refractivity contribution is 7.93. The predicted molar refractivity (Wildman–Crippen MR) is 138 cm³/mol. The van der Waals surface area contributed by atoms with Gasteiger partial charge < -0.3 is 10.2 Å². The summed E-state index contributed by atoms with van der Waals surface area (Å²) in [4.78, 5) is 27.7. The highest BCUT2D eigenvalue weighted by atomic mass is 35.5. The first-order valence-electron chi connectivity index (χ1n) is 11.6. The molecule has 0 aliphatic carbocycles. The summed E-state index contributed by atoms with van der Waals surface area (Å²) in [6.07, 6.45) is 0.889. The normalized spacial score (nSPS) is 14.7. The number of anilines is 1. The van der Waals surface area contributed by atoms with Crippen molar-refractivity contribution in [2.24, 2.45) is 0 Å². The molecule has 0 saturated heterocycles. The number of sulfonamides is 1. The number of hydrogen-bond acceptors (Lipinski definition) is 4. The van der Waals surface area contributed by atoms with Crippen molar-refractivity contribution in [2.45, 2.75) is 43.7 Å². The lowest BCUT2D eigenvalue weighted by Crippen LogP contribution is -2.48. The van der Waals surface area contributed by atoms with Crippen LogP contribution in [0.5, 0.6) is 0 Å². The minimum absolute atomic E-state index is 0.111. The van der Waals surface area contributed by atoms with E-state index in [1.807, 2.05) is 37.3 Å². The number of carbonyl (C=O) groups excluding carboxylic acids is 2. The Bertz CT molecular complexity index is 1350. The molecule has 184 valence electrons. The highest BCUT2D eigenvalue weighted by Crippen LogP contribution is 2.42. The SMILES string of the molecule is CCC(C(=O)NC)N(Cc1ccc(Cl)cc1)C(=O)CCCN1c2cccc3cccc(c23)S1(=O)=O. The van der Waals surface area contributed by atoms with E-state index in [0.29, 0.717) is 28.4 Å². The van der Waals surface area contributed by atoms with Gasteiger partial charge in [-0.05, 0) is 48.1 Å². The lowest BCUT2D eigenvalue weighted by atomic mass is 10.1. The van der Waals surface area contributed by atoms with E-state index in [-0.39, 0.29) is 31.3 Å². The van der Waals surface area contributed by atoms with Crippen molar-refractivity contribution in [3.05, 3.63) is 71.2 Å². The molecule has 1 aliphatic rings. The van der Waals surface area contributed by atoms with Gasteiger partial charge in [-0.25, -0.2) is 8.42 Å². The zero-order valence-electron chi connectivity index (χ0n) is 19.7. The Kier molecular flexibility index (Phi) is 7.33. The number of benzene rings is 3. The van der Waals surface area contributed by atoms with Gasteiger partial charge in [-0.2, -0.15) is 0 Å². The Morgan fingerprint density at radius 1 is 1.06 bits per heavy atom. The van der Waals surface area contributed by atoms with Crippen LogP contribution in [0.1, 0.15) is 31.7 Å². The van der Waals surface area contributed by atoms with Crippen LogP contribution in [0.2, 0.25) is 5.02 Å². The molecule has 35 heavy (non-hydrogen) atoms. The van der Waals surface area contributed by atoms with E-state index in [4.69, 9.17) is 11.6 Å². The summed E-state index contributed by atoms with van der Waals surface area (Å²) in [5.74, 6) is -0.443. The summed E-state index contributed by atoms with van der Waals surface area (Å²) in [6, 6.07) is 17.3. The van der Waals surface area contributed by atoms with Gasteiger partial charge in [0, 0.05) is 37.0 Å². The molecule has 3 aromatic carbocycles. The second-order valence-corrected chi connectivity index (χ2v) is 10.8. The fourth-order valence-electron chi connectivity index (χ4n) is 4.59. The van der Waals surface area contributed by atoms with Crippen LogP contribution in [0.15, 0.2) is 65.6 Å². The average Bonchev–Trinajstić information content (AvgIpc) is 3.08. The summed E-state index contributed by atoms with van der Waals surface area (Å²) >= 11 is 5.99. The van der Waals surface area contributed by atoms with E-state index in [2.05, 4.69) is 5.32 Å². The van der Waals surface area contributed by atoms with Gasteiger partial charge in [-0.15, -0.1) is 0 Å². The molecule has 1 heterocycles. The maximum atomic E-state index is 13.3. The topological polar surface area (TPSA) is 86.8 Å². The van der Waals surface area contributed by atoms with Gasteiger partial charge in [0.2, 0.25) is 11.8 Å². The van der Waals surface area contributed by atoms with Gasteiger partial charge >= 0.3 is 0 Å². The summed E-state index contributed by atoms with van der Waals surface area (Å²) in [6.45, 7) is 2.29. The second-order valence-electron chi connectivity index (χ2n) is 8.50. The Morgan fingerprint density at radius 3 is 2.40 bits per heavy atom. The van der Waals surface area contributed by atoms with E-state index in [1.54, 1.807) is 42.3 Å². The highest BCUT2D eigenvalue weighted by Gasteiger charge is 2.35. The smallest absolute Gasteiger partial charge is 0.265 e. The van der Waals surface area contributed by atoms with Crippen LogP contribution in [0.4, 0.5) is 5.69 Å². The van der Waals surface area contributed by atoms with Crippen LogP contribution >= 0.6 is 11.6 Å². The molecule has 4 rings (SSSR count). The van der Waals surface area contributed by atoms with E-state index in [9.17, 15) is 18.0 Å². The predicted octanol–water partition coefficient (Wildman–Crippen LogP) is 4.34. The van der Waals surface area contributed by atoms with Gasteiger partial charge in [0.1, 0.15) is 6.04 Å². The van der Waals surface area contributed by atoms with Crippen molar-refractivity contribution in [1.29, 1.82) is 0 Å². The number of nitrogens with one attached hydrogen (secondary N) is 1. The molecule has 7 nitrogen and oxygen atoms in total. The van der Waals surface area contributed by atoms with E-state index >= 15 is 0 Å². The Morgan fingerprint density at radius 2 is 1.74 bits per heavy atom. The number of likely N-dealkylation sites (N-methyl/N-ethyl adjacent to an activating group) is 1. The maximum absolute atomic E-state index is 13.3.